The van der Waals surface area contributed by atoms with Crippen LogP contribution in [0.2, 0.25) is 5.02 Å². The lowest BCUT2D eigenvalue weighted by atomic mass is 10.1. The molecule has 1 unspecified atom stereocenters. The molecule has 34 heavy (non-hydrogen) atoms. The standard InChI is InChI=1S/C25H23ClN2O5S/c1-32-20-10-5-16(14-21(20)33-2)11-12-27(25(31)22-4-3-13-34-22)19-15-23(29)28(24(19)30)18-8-6-17(26)7-9-18/h3-10,13-14,19H,11-12,15H2,1-2H3. The second-order valence-corrected chi connectivity index (χ2v) is 9.06. The van der Waals surface area contributed by atoms with E-state index in [4.69, 9.17) is 21.1 Å². The zero-order chi connectivity index (χ0) is 24.2. The van der Waals surface area contributed by atoms with Crippen LogP contribution in [0.5, 0.6) is 11.5 Å². The van der Waals surface area contributed by atoms with Crippen molar-refractivity contribution in [1.29, 1.82) is 0 Å². The molecule has 1 aliphatic heterocycles. The first-order valence-corrected chi connectivity index (χ1v) is 11.9. The monoisotopic (exact) mass is 498 g/mol. The Morgan fingerprint density at radius 2 is 1.82 bits per heavy atom. The number of amides is 3. The second-order valence-electron chi connectivity index (χ2n) is 7.68. The molecule has 0 N–H and O–H groups in total. The zero-order valence-electron chi connectivity index (χ0n) is 18.7. The number of carbonyl (C=O) groups excluding carboxylic acids is 3. The van der Waals surface area contributed by atoms with Gasteiger partial charge in [-0.3, -0.25) is 14.4 Å². The predicted octanol–water partition coefficient (Wildman–Crippen LogP) is 4.44. The molecule has 1 atom stereocenters. The minimum absolute atomic E-state index is 0.0789. The number of anilines is 1. The van der Waals surface area contributed by atoms with Gasteiger partial charge in [0.15, 0.2) is 11.5 Å². The fourth-order valence-electron chi connectivity index (χ4n) is 3.95. The lowest BCUT2D eigenvalue weighted by Gasteiger charge is -2.27. The molecule has 1 saturated heterocycles. The molecule has 0 aliphatic carbocycles. The number of methoxy groups -OCH3 is 2. The fourth-order valence-corrected chi connectivity index (χ4v) is 4.75. The van der Waals surface area contributed by atoms with E-state index in [2.05, 4.69) is 0 Å². The van der Waals surface area contributed by atoms with Crippen LogP contribution >= 0.6 is 22.9 Å². The lowest BCUT2D eigenvalue weighted by molar-refractivity contribution is -0.122. The quantitative estimate of drug-likeness (QED) is 0.429. The smallest absolute Gasteiger partial charge is 0.264 e. The van der Waals surface area contributed by atoms with Crippen LogP contribution in [-0.2, 0) is 16.0 Å². The van der Waals surface area contributed by atoms with Gasteiger partial charge in [-0.25, -0.2) is 4.90 Å². The largest absolute Gasteiger partial charge is 0.493 e. The van der Waals surface area contributed by atoms with E-state index >= 15 is 0 Å². The van der Waals surface area contributed by atoms with Gasteiger partial charge in [-0.15, -0.1) is 11.3 Å². The van der Waals surface area contributed by atoms with E-state index in [9.17, 15) is 14.4 Å². The van der Waals surface area contributed by atoms with E-state index in [-0.39, 0.29) is 24.8 Å². The van der Waals surface area contributed by atoms with Crippen LogP contribution in [0.15, 0.2) is 60.0 Å². The first-order valence-electron chi connectivity index (χ1n) is 10.6. The molecule has 176 valence electrons. The number of rotatable bonds is 8. The molecular weight excluding hydrogens is 476 g/mol. The molecule has 2 heterocycles. The van der Waals surface area contributed by atoms with Gasteiger partial charge in [0.25, 0.3) is 11.8 Å². The average molecular weight is 499 g/mol. The molecule has 7 nitrogen and oxygen atoms in total. The third-order valence-corrected chi connectivity index (χ3v) is 6.78. The molecule has 9 heteroatoms. The fraction of sp³-hybridized carbons (Fsp3) is 0.240. The molecule has 1 aliphatic rings. The van der Waals surface area contributed by atoms with Gasteiger partial charge in [-0.2, -0.15) is 0 Å². The van der Waals surface area contributed by atoms with Crippen molar-refractivity contribution in [2.24, 2.45) is 0 Å². The summed E-state index contributed by atoms with van der Waals surface area (Å²) >= 11 is 7.25. The van der Waals surface area contributed by atoms with E-state index in [1.54, 1.807) is 62.1 Å². The molecule has 3 aromatic rings. The Balaban J connectivity index is 1.60. The average Bonchev–Trinajstić information content (AvgIpc) is 3.48. The molecule has 1 fully saturated rings. The van der Waals surface area contributed by atoms with E-state index in [0.717, 1.165) is 10.5 Å². The molecule has 0 bridgehead atoms. The van der Waals surface area contributed by atoms with Crippen LogP contribution in [0, 0.1) is 0 Å². The van der Waals surface area contributed by atoms with Crippen molar-refractivity contribution in [2.45, 2.75) is 18.9 Å². The van der Waals surface area contributed by atoms with Crippen LogP contribution in [0.4, 0.5) is 5.69 Å². The first kappa shape index (κ1) is 23.8. The highest BCUT2D eigenvalue weighted by atomic mass is 35.5. The number of benzene rings is 2. The Kier molecular flexibility index (Phi) is 7.19. The summed E-state index contributed by atoms with van der Waals surface area (Å²) in [5.74, 6) is 0.127. The SMILES string of the molecule is COc1ccc(CCN(C(=O)c2cccs2)C2CC(=O)N(c3ccc(Cl)cc3)C2=O)cc1OC. The predicted molar refractivity (Wildman–Crippen MR) is 131 cm³/mol. The van der Waals surface area contributed by atoms with Gasteiger partial charge in [0.1, 0.15) is 6.04 Å². The number of hydrogen-bond donors (Lipinski definition) is 0. The van der Waals surface area contributed by atoms with Gasteiger partial charge in [-0.05, 0) is 59.8 Å². The third kappa shape index (κ3) is 4.78. The normalized spacial score (nSPS) is 15.5. The number of halogens is 1. The van der Waals surface area contributed by atoms with Crippen molar-refractivity contribution in [3.8, 4) is 11.5 Å². The Morgan fingerprint density at radius 3 is 2.47 bits per heavy atom. The van der Waals surface area contributed by atoms with E-state index in [1.165, 1.54) is 16.2 Å². The van der Waals surface area contributed by atoms with Crippen LogP contribution in [0.3, 0.4) is 0 Å². The lowest BCUT2D eigenvalue weighted by Crippen LogP contribution is -2.46. The second kappa shape index (κ2) is 10.3. The van der Waals surface area contributed by atoms with E-state index < -0.39 is 11.9 Å². The maximum Gasteiger partial charge on any atom is 0.264 e. The summed E-state index contributed by atoms with van der Waals surface area (Å²) in [6.07, 6.45) is 0.390. The number of ether oxygens (including phenoxy) is 2. The summed E-state index contributed by atoms with van der Waals surface area (Å²) in [5, 5.41) is 2.31. The summed E-state index contributed by atoms with van der Waals surface area (Å²) in [6, 6.07) is 14.6. The maximum absolute atomic E-state index is 13.4. The van der Waals surface area contributed by atoms with Gasteiger partial charge in [0.05, 0.1) is 31.2 Å². The zero-order valence-corrected chi connectivity index (χ0v) is 20.3. The Labute approximate surface area is 206 Å². The van der Waals surface area contributed by atoms with Crippen molar-refractivity contribution in [3.05, 3.63) is 75.4 Å². The highest BCUT2D eigenvalue weighted by Crippen LogP contribution is 2.30. The maximum atomic E-state index is 13.4. The van der Waals surface area contributed by atoms with Crippen LogP contribution < -0.4 is 14.4 Å². The highest BCUT2D eigenvalue weighted by molar-refractivity contribution is 7.12. The molecule has 2 aromatic carbocycles. The highest BCUT2D eigenvalue weighted by Gasteiger charge is 2.44. The minimum Gasteiger partial charge on any atom is -0.493 e. The minimum atomic E-state index is -0.891. The number of imide groups is 1. The van der Waals surface area contributed by atoms with Crippen LogP contribution in [0.1, 0.15) is 21.7 Å². The van der Waals surface area contributed by atoms with E-state index in [0.29, 0.717) is 33.5 Å². The van der Waals surface area contributed by atoms with Crippen molar-refractivity contribution in [3.63, 3.8) is 0 Å². The van der Waals surface area contributed by atoms with Gasteiger partial charge in [0.2, 0.25) is 5.91 Å². The van der Waals surface area contributed by atoms with Gasteiger partial charge in [-0.1, -0.05) is 23.7 Å². The van der Waals surface area contributed by atoms with Crippen molar-refractivity contribution in [2.75, 3.05) is 25.7 Å². The summed E-state index contributed by atoms with van der Waals surface area (Å²) in [7, 11) is 3.12. The summed E-state index contributed by atoms with van der Waals surface area (Å²) in [4.78, 5) is 42.7. The van der Waals surface area contributed by atoms with Crippen LogP contribution in [0.25, 0.3) is 0 Å². The number of thiophene rings is 1. The van der Waals surface area contributed by atoms with E-state index in [1.807, 2.05) is 12.1 Å². The molecule has 0 spiro atoms. The Morgan fingerprint density at radius 1 is 1.09 bits per heavy atom. The van der Waals surface area contributed by atoms with Gasteiger partial charge >= 0.3 is 0 Å². The molecule has 3 amide bonds. The summed E-state index contributed by atoms with van der Waals surface area (Å²) in [5.41, 5.74) is 1.35. The number of nitrogens with zero attached hydrogens (tertiary/aromatic N) is 2. The topological polar surface area (TPSA) is 76.2 Å². The molecular formula is C25H23ClN2O5S. The Hall–Kier alpha value is -3.36. The molecule has 0 radical (unpaired) electrons. The molecule has 1 aromatic heterocycles. The van der Waals surface area contributed by atoms with Gasteiger partial charge < -0.3 is 14.4 Å². The van der Waals surface area contributed by atoms with Crippen molar-refractivity contribution < 1.29 is 23.9 Å². The van der Waals surface area contributed by atoms with Crippen molar-refractivity contribution in [1.82, 2.24) is 4.90 Å². The third-order valence-electron chi connectivity index (χ3n) is 5.67. The van der Waals surface area contributed by atoms with Gasteiger partial charge in [0, 0.05) is 11.6 Å². The number of hydrogen-bond acceptors (Lipinski definition) is 6. The first-order chi connectivity index (χ1) is 16.4. The summed E-state index contributed by atoms with van der Waals surface area (Å²) in [6.45, 7) is 0.254. The Bertz CT molecular complexity index is 1200. The molecule has 0 saturated carbocycles. The summed E-state index contributed by atoms with van der Waals surface area (Å²) < 4.78 is 10.7. The molecule has 4 rings (SSSR count). The number of carbonyl (C=O) groups is 3. The van der Waals surface area contributed by atoms with Crippen molar-refractivity contribution >= 4 is 46.3 Å². The van der Waals surface area contributed by atoms with Crippen LogP contribution in [-0.4, -0.2) is 49.4 Å².